The van der Waals surface area contributed by atoms with Crippen LogP contribution in [0.1, 0.15) is 168 Å². The molecule has 0 spiro atoms. The molecule has 4 N–H and O–H groups in total. The molecule has 0 heterocycles. The van der Waals surface area contributed by atoms with Crippen LogP contribution >= 0.6 is 0 Å². The Hall–Kier alpha value is -1.69. The zero-order valence-corrected chi connectivity index (χ0v) is 28.8. The third-order valence-corrected chi connectivity index (χ3v) is 8.07. The lowest BCUT2D eigenvalue weighted by Crippen LogP contribution is -2.45. The van der Waals surface area contributed by atoms with E-state index >= 15 is 0 Å². The molecule has 3 unspecified atom stereocenters. The molecule has 0 aliphatic carbocycles. The van der Waals surface area contributed by atoms with E-state index in [4.69, 9.17) is 0 Å². The van der Waals surface area contributed by atoms with Crippen LogP contribution in [-0.2, 0) is 4.79 Å². The first kappa shape index (κ1) is 42.3. The number of amides is 1. The number of hydrogen-bond acceptors (Lipinski definition) is 4. The molecule has 0 aromatic rings. The Morgan fingerprint density at radius 1 is 0.568 bits per heavy atom. The van der Waals surface area contributed by atoms with Crippen LogP contribution in [0, 0.1) is 0 Å². The second-order valence-corrected chi connectivity index (χ2v) is 12.5. The second kappa shape index (κ2) is 34.2. The minimum Gasteiger partial charge on any atom is -0.394 e. The van der Waals surface area contributed by atoms with Gasteiger partial charge in [0.15, 0.2) is 0 Å². The Balaban J connectivity index is 3.80. The second-order valence-electron chi connectivity index (χ2n) is 12.5. The Kier molecular flexibility index (Phi) is 32.9. The fraction of sp³-hybridized carbons (Fsp3) is 0.769. The van der Waals surface area contributed by atoms with Crippen LogP contribution in [0.4, 0.5) is 0 Å². The molecule has 44 heavy (non-hydrogen) atoms. The molecule has 0 radical (unpaired) electrons. The Morgan fingerprint density at radius 2 is 1.00 bits per heavy atom. The summed E-state index contributed by atoms with van der Waals surface area (Å²) in [4.78, 5) is 12.3. The SMILES string of the molecule is CCCC/C=C\CCCCC(O)CC(=O)NC(CO)C(O)/C=C/CC/C=C/CC/C=C/CCCCCCCCCCCCC. The molecule has 0 aromatic heterocycles. The quantitative estimate of drug-likeness (QED) is 0.0447. The molecule has 0 saturated carbocycles. The van der Waals surface area contributed by atoms with Crippen LogP contribution in [0.5, 0.6) is 0 Å². The van der Waals surface area contributed by atoms with E-state index in [-0.39, 0.29) is 18.9 Å². The summed E-state index contributed by atoms with van der Waals surface area (Å²) >= 11 is 0. The fourth-order valence-corrected chi connectivity index (χ4v) is 5.17. The summed E-state index contributed by atoms with van der Waals surface area (Å²) < 4.78 is 0. The zero-order valence-electron chi connectivity index (χ0n) is 28.8. The molecule has 5 nitrogen and oxygen atoms in total. The molecule has 0 fully saturated rings. The predicted molar refractivity (Wildman–Crippen MR) is 190 cm³/mol. The maximum Gasteiger partial charge on any atom is 0.222 e. The number of hydrogen-bond donors (Lipinski definition) is 4. The lowest BCUT2D eigenvalue weighted by molar-refractivity contribution is -0.124. The molecule has 0 aromatic carbocycles. The number of unbranched alkanes of at least 4 members (excludes halogenated alkanes) is 17. The predicted octanol–water partition coefficient (Wildman–Crippen LogP) is 9.81. The van der Waals surface area contributed by atoms with E-state index in [1.165, 1.54) is 89.9 Å². The molecule has 0 aliphatic rings. The molecule has 0 rings (SSSR count). The molecule has 0 bridgehead atoms. The van der Waals surface area contributed by atoms with Crippen molar-refractivity contribution in [1.29, 1.82) is 0 Å². The average Bonchev–Trinajstić information content (AvgIpc) is 3.01. The van der Waals surface area contributed by atoms with Crippen molar-refractivity contribution in [1.82, 2.24) is 5.32 Å². The standard InChI is InChI=1S/C39H71NO4/c1-3-5-7-9-11-13-14-15-16-17-18-19-20-21-22-23-24-25-27-29-31-33-38(43)37(35-41)40-39(44)34-36(42)32-30-28-26-12-10-8-6-4-2/h10,12,20-21,24-25,31,33,36-38,41-43H,3-9,11,13-19,22-23,26-30,32,34-35H2,1-2H3,(H,40,44)/b12-10-,21-20+,25-24+,33-31+. The topological polar surface area (TPSA) is 89.8 Å². The van der Waals surface area contributed by atoms with E-state index in [2.05, 4.69) is 55.6 Å². The normalized spacial score (nSPS) is 14.4. The number of aliphatic hydroxyl groups is 3. The summed E-state index contributed by atoms with van der Waals surface area (Å²) in [5.74, 6) is -0.348. The highest BCUT2D eigenvalue weighted by molar-refractivity contribution is 5.76. The van der Waals surface area contributed by atoms with E-state index in [0.29, 0.717) is 6.42 Å². The highest BCUT2D eigenvalue weighted by Crippen LogP contribution is 2.12. The van der Waals surface area contributed by atoms with Crippen molar-refractivity contribution in [3.05, 3.63) is 48.6 Å². The molecule has 0 aliphatic heterocycles. The van der Waals surface area contributed by atoms with Crippen molar-refractivity contribution in [2.24, 2.45) is 0 Å². The summed E-state index contributed by atoms with van der Waals surface area (Å²) in [6.45, 7) is 4.11. The number of nitrogens with one attached hydrogen (secondary N) is 1. The molecule has 1 amide bonds. The summed E-state index contributed by atoms with van der Waals surface area (Å²) in [6.07, 6.45) is 42.6. The minimum atomic E-state index is -0.963. The van der Waals surface area contributed by atoms with Crippen molar-refractivity contribution >= 4 is 5.91 Å². The smallest absolute Gasteiger partial charge is 0.222 e. The number of allylic oxidation sites excluding steroid dienone is 7. The van der Waals surface area contributed by atoms with Gasteiger partial charge in [0.05, 0.1) is 31.3 Å². The molecule has 256 valence electrons. The van der Waals surface area contributed by atoms with Crippen molar-refractivity contribution in [2.75, 3.05) is 6.61 Å². The van der Waals surface area contributed by atoms with E-state index in [1.807, 2.05) is 6.08 Å². The van der Waals surface area contributed by atoms with E-state index < -0.39 is 18.2 Å². The van der Waals surface area contributed by atoms with Crippen LogP contribution in [0.15, 0.2) is 48.6 Å². The van der Waals surface area contributed by atoms with Crippen molar-refractivity contribution in [3.63, 3.8) is 0 Å². The first-order valence-electron chi connectivity index (χ1n) is 18.4. The van der Waals surface area contributed by atoms with Crippen LogP contribution in [0.3, 0.4) is 0 Å². The van der Waals surface area contributed by atoms with Crippen LogP contribution in [0.2, 0.25) is 0 Å². The number of carbonyl (C=O) groups excluding carboxylic acids is 1. The van der Waals surface area contributed by atoms with E-state index in [1.54, 1.807) is 6.08 Å². The van der Waals surface area contributed by atoms with Crippen LogP contribution in [0.25, 0.3) is 0 Å². The third kappa shape index (κ3) is 30.3. The Morgan fingerprint density at radius 3 is 1.52 bits per heavy atom. The number of aliphatic hydroxyl groups excluding tert-OH is 3. The summed E-state index contributed by atoms with van der Waals surface area (Å²) in [6, 6.07) is -0.772. The van der Waals surface area contributed by atoms with Gasteiger partial charge < -0.3 is 20.6 Å². The van der Waals surface area contributed by atoms with Crippen LogP contribution in [-0.4, -0.2) is 46.1 Å². The first-order chi connectivity index (χ1) is 21.5. The van der Waals surface area contributed by atoms with Gasteiger partial charge in [-0.25, -0.2) is 0 Å². The number of rotatable bonds is 32. The van der Waals surface area contributed by atoms with Gasteiger partial charge in [0, 0.05) is 0 Å². The highest BCUT2D eigenvalue weighted by atomic mass is 16.3. The first-order valence-corrected chi connectivity index (χ1v) is 18.4. The summed E-state index contributed by atoms with van der Waals surface area (Å²) in [5.41, 5.74) is 0. The van der Waals surface area contributed by atoms with Gasteiger partial charge in [0.1, 0.15) is 0 Å². The average molecular weight is 618 g/mol. The van der Waals surface area contributed by atoms with E-state index in [0.717, 1.165) is 51.4 Å². The summed E-state index contributed by atoms with van der Waals surface area (Å²) in [5, 5.41) is 32.8. The maximum absolute atomic E-state index is 12.3. The van der Waals surface area contributed by atoms with Crippen molar-refractivity contribution in [3.8, 4) is 0 Å². The molecule has 3 atom stereocenters. The lowest BCUT2D eigenvalue weighted by Gasteiger charge is -2.20. The maximum atomic E-state index is 12.3. The fourth-order valence-electron chi connectivity index (χ4n) is 5.17. The van der Waals surface area contributed by atoms with Gasteiger partial charge in [-0.2, -0.15) is 0 Å². The number of carbonyl (C=O) groups is 1. The van der Waals surface area contributed by atoms with Gasteiger partial charge >= 0.3 is 0 Å². The zero-order chi connectivity index (χ0) is 32.4. The molecular weight excluding hydrogens is 546 g/mol. The van der Waals surface area contributed by atoms with Gasteiger partial charge in [0.2, 0.25) is 5.91 Å². The molecule has 0 saturated heterocycles. The van der Waals surface area contributed by atoms with Gasteiger partial charge in [-0.1, -0.05) is 146 Å². The van der Waals surface area contributed by atoms with Crippen molar-refractivity contribution in [2.45, 2.75) is 186 Å². The minimum absolute atomic E-state index is 0.0153. The molecular formula is C39H71NO4. The van der Waals surface area contributed by atoms with E-state index in [9.17, 15) is 20.1 Å². The Labute approximate surface area is 272 Å². The third-order valence-electron chi connectivity index (χ3n) is 8.07. The highest BCUT2D eigenvalue weighted by Gasteiger charge is 2.19. The van der Waals surface area contributed by atoms with Gasteiger partial charge in [-0.15, -0.1) is 0 Å². The largest absolute Gasteiger partial charge is 0.394 e. The van der Waals surface area contributed by atoms with Crippen LogP contribution < -0.4 is 5.32 Å². The molecule has 5 heteroatoms. The van der Waals surface area contributed by atoms with Gasteiger partial charge in [0.25, 0.3) is 0 Å². The van der Waals surface area contributed by atoms with Crippen molar-refractivity contribution < 1.29 is 20.1 Å². The lowest BCUT2D eigenvalue weighted by atomic mass is 10.1. The van der Waals surface area contributed by atoms with Gasteiger partial charge in [-0.05, 0) is 64.2 Å². The Bertz CT molecular complexity index is 730. The summed E-state index contributed by atoms with van der Waals surface area (Å²) in [7, 11) is 0. The monoisotopic (exact) mass is 618 g/mol. The van der Waals surface area contributed by atoms with Gasteiger partial charge in [-0.3, -0.25) is 4.79 Å².